The van der Waals surface area contributed by atoms with Gasteiger partial charge in [-0.05, 0) is 185 Å². The SMILES string of the molecule is C=C(C)[C@@H]1CC[C@]2(CCNC(=O)[C@H](C)[C@@H](OC)C3CCCN3C(=O)C[C@@H](OC)[C@H]([C@@H](C)CC)N(C)C(=O)C(NC(=O)[C@H](C(C)C)N(C)C)C(C)C)CC[C@]3(C)C(CCC4[C@@]5(C)CC[C@H](COOO)C(C)(C)C5CC[C@]43C)C12. The van der Waals surface area contributed by atoms with Gasteiger partial charge >= 0.3 is 0 Å². The molecular weight excluding hydrogens is 971 g/mol. The number of ether oxygens (including phenoxy) is 2. The number of nitrogens with one attached hydrogen (secondary N) is 2. The lowest BCUT2D eigenvalue weighted by Gasteiger charge is -2.73. The largest absolute Gasteiger partial charge is 0.379 e. The topological polar surface area (TPSA) is 159 Å². The molecule has 6 fully saturated rings. The van der Waals surface area contributed by atoms with E-state index in [9.17, 15) is 19.2 Å². The average molecular weight is 1080 g/mol. The van der Waals surface area contributed by atoms with Gasteiger partial charge in [0, 0.05) is 34.4 Å². The van der Waals surface area contributed by atoms with Crippen LogP contribution in [0.3, 0.4) is 0 Å². The summed E-state index contributed by atoms with van der Waals surface area (Å²) in [6, 6.07) is -1.86. The average Bonchev–Trinajstić information content (AvgIpc) is 4.03. The van der Waals surface area contributed by atoms with Crippen LogP contribution in [0.4, 0.5) is 0 Å². The Bertz CT molecular complexity index is 2040. The predicted molar refractivity (Wildman–Crippen MR) is 305 cm³/mol. The van der Waals surface area contributed by atoms with E-state index in [1.807, 2.05) is 58.5 Å². The first-order chi connectivity index (χ1) is 36.1. The van der Waals surface area contributed by atoms with Crippen molar-refractivity contribution < 1.29 is 43.8 Å². The first-order valence-electron chi connectivity index (χ1n) is 30.5. The summed E-state index contributed by atoms with van der Waals surface area (Å²) in [5.41, 5.74) is 2.24. The van der Waals surface area contributed by atoms with Crippen molar-refractivity contribution in [3.8, 4) is 0 Å². The fourth-order valence-electron chi connectivity index (χ4n) is 19.2. The summed E-state index contributed by atoms with van der Waals surface area (Å²) in [5.74, 6) is 2.11. The van der Waals surface area contributed by atoms with Crippen molar-refractivity contribution in [1.82, 2.24) is 25.3 Å². The molecule has 0 bridgehead atoms. The lowest BCUT2D eigenvalue weighted by Crippen LogP contribution is -2.66. The quantitative estimate of drug-likeness (QED) is 0.0482. The summed E-state index contributed by atoms with van der Waals surface area (Å²) in [7, 11) is 8.81. The molecule has 6 aliphatic rings. The van der Waals surface area contributed by atoms with E-state index in [0.717, 1.165) is 32.1 Å². The Balaban J connectivity index is 1.12. The molecule has 14 heteroatoms. The van der Waals surface area contributed by atoms with E-state index in [1.54, 1.807) is 26.2 Å². The summed E-state index contributed by atoms with van der Waals surface area (Å²) < 4.78 is 12.4. The van der Waals surface area contributed by atoms with Gasteiger partial charge in [-0.3, -0.25) is 24.1 Å². The van der Waals surface area contributed by atoms with E-state index in [-0.39, 0.29) is 80.9 Å². The van der Waals surface area contributed by atoms with Crippen LogP contribution < -0.4 is 10.6 Å². The fourth-order valence-corrected chi connectivity index (χ4v) is 19.2. The Kier molecular flexibility index (Phi) is 20.8. The van der Waals surface area contributed by atoms with Crippen molar-refractivity contribution >= 4 is 23.6 Å². The van der Waals surface area contributed by atoms with E-state index in [4.69, 9.17) is 19.6 Å². The molecular formula is C63H111N5O9. The van der Waals surface area contributed by atoms with Gasteiger partial charge in [0.05, 0.1) is 49.3 Å². The van der Waals surface area contributed by atoms with Crippen LogP contribution in [0.2, 0.25) is 0 Å². The van der Waals surface area contributed by atoms with Crippen molar-refractivity contribution in [2.24, 2.45) is 86.3 Å². The Morgan fingerprint density at radius 2 is 1.49 bits per heavy atom. The maximum atomic E-state index is 14.6. The van der Waals surface area contributed by atoms with Gasteiger partial charge in [0.25, 0.3) is 0 Å². The molecule has 77 heavy (non-hydrogen) atoms. The highest BCUT2D eigenvalue weighted by molar-refractivity contribution is 5.90. The molecule has 1 aliphatic heterocycles. The Labute approximate surface area is 467 Å². The smallest absolute Gasteiger partial charge is 0.245 e. The third-order valence-electron chi connectivity index (χ3n) is 23.7. The number of carbonyl (C=O) groups is 4. The standard InChI is InChI=1S/C63H111N5O9/c1-20-41(8)54(67(17)58(72)52(39(4)5)65-57(71)53(40(6)7)66(15)16)47(74-18)36-50(69)68-35-21-22-46(68)55(75-19)42(9)56(70)64-34-33-63-30-26-44(38(2)3)51(63)45-23-24-49-60(12)28-25-43(37-76-77-73)59(10,11)48(60)27-29-62(49,14)61(45,13)31-32-63/h39-49,51-55,73H,2,20-37H2,1,3-19H3,(H,64,70)(H,65,71)/t41-,42+,43+,44-,45?,46?,47+,48?,49?,51?,52?,53-,54-,55+,60-,61+,62+,63+/m0/s1. The van der Waals surface area contributed by atoms with Crippen molar-refractivity contribution in [3.05, 3.63) is 12.2 Å². The molecule has 6 rings (SSSR count). The minimum absolute atomic E-state index is 0.00835. The van der Waals surface area contributed by atoms with Gasteiger partial charge in [0.15, 0.2) is 0 Å². The summed E-state index contributed by atoms with van der Waals surface area (Å²) >= 11 is 0. The molecule has 18 atom stereocenters. The molecule has 0 aromatic heterocycles. The van der Waals surface area contributed by atoms with Crippen LogP contribution >= 0.6 is 0 Å². The number of amides is 4. The zero-order valence-electron chi connectivity index (χ0n) is 51.7. The number of hydrogen-bond acceptors (Lipinski definition) is 10. The Morgan fingerprint density at radius 3 is 2.08 bits per heavy atom. The van der Waals surface area contributed by atoms with Crippen molar-refractivity contribution in [3.63, 3.8) is 0 Å². The number of rotatable bonds is 24. The minimum atomic E-state index is -0.753. The van der Waals surface area contributed by atoms with Crippen LogP contribution in [0.15, 0.2) is 12.2 Å². The third-order valence-corrected chi connectivity index (χ3v) is 23.7. The summed E-state index contributed by atoms with van der Waals surface area (Å²) in [6.07, 6.45) is 14.2. The molecule has 1 heterocycles. The minimum Gasteiger partial charge on any atom is -0.379 e. The zero-order chi connectivity index (χ0) is 57.3. The number of methoxy groups -OCH3 is 2. The molecule has 0 aromatic rings. The van der Waals surface area contributed by atoms with E-state index < -0.39 is 36.3 Å². The first-order valence-corrected chi connectivity index (χ1v) is 30.5. The van der Waals surface area contributed by atoms with Crippen molar-refractivity contribution in [2.45, 2.75) is 223 Å². The third kappa shape index (κ3) is 11.9. The van der Waals surface area contributed by atoms with Crippen molar-refractivity contribution in [2.75, 3.05) is 55.1 Å². The summed E-state index contributed by atoms with van der Waals surface area (Å²) in [5, 5.41) is 19.7. The number of carbonyl (C=O) groups excluding carboxylic acids is 4. The highest BCUT2D eigenvalue weighted by atomic mass is 17.5. The second kappa shape index (κ2) is 25.3. The van der Waals surface area contributed by atoms with E-state index in [2.05, 4.69) is 77.6 Å². The summed E-state index contributed by atoms with van der Waals surface area (Å²) in [4.78, 5) is 67.9. The van der Waals surface area contributed by atoms with Gasteiger partial charge in [-0.2, -0.15) is 0 Å². The van der Waals surface area contributed by atoms with Crippen LogP contribution in [0.25, 0.3) is 0 Å². The van der Waals surface area contributed by atoms with Crippen LogP contribution in [0.5, 0.6) is 0 Å². The monoisotopic (exact) mass is 1080 g/mol. The lowest BCUT2D eigenvalue weighted by atomic mass is 9.32. The molecule has 14 nitrogen and oxygen atoms in total. The number of hydrogen-bond donors (Lipinski definition) is 3. The van der Waals surface area contributed by atoms with Crippen LogP contribution in [0.1, 0.15) is 186 Å². The van der Waals surface area contributed by atoms with Crippen LogP contribution in [-0.2, 0) is 38.6 Å². The molecule has 0 aromatic carbocycles. The number of fused-ring (bicyclic) bond motifs is 7. The summed E-state index contributed by atoms with van der Waals surface area (Å²) in [6.45, 7) is 35.4. The predicted octanol–water partition coefficient (Wildman–Crippen LogP) is 10.8. The Morgan fingerprint density at radius 1 is 0.805 bits per heavy atom. The van der Waals surface area contributed by atoms with Gasteiger partial charge in [0.2, 0.25) is 23.6 Å². The van der Waals surface area contributed by atoms with E-state index in [0.29, 0.717) is 55.2 Å². The second-order valence-corrected chi connectivity index (χ2v) is 28.5. The number of allylic oxidation sites excluding steroid dienone is 1. The second-order valence-electron chi connectivity index (χ2n) is 28.5. The van der Waals surface area contributed by atoms with Gasteiger partial charge in [-0.25, -0.2) is 10.1 Å². The molecule has 442 valence electrons. The number of likely N-dealkylation sites (N-methyl/N-ethyl adjacent to an activating group) is 2. The molecule has 6 unspecified atom stereocenters. The Hall–Kier alpha value is -2.62. The highest BCUT2D eigenvalue weighted by Gasteiger charge is 2.71. The van der Waals surface area contributed by atoms with Gasteiger partial charge in [-0.1, -0.05) is 107 Å². The fraction of sp³-hybridized carbons (Fsp3) is 0.905. The van der Waals surface area contributed by atoms with Gasteiger partial charge < -0.3 is 29.9 Å². The lowest BCUT2D eigenvalue weighted by molar-refractivity contribution is -0.495. The molecule has 1 saturated heterocycles. The maximum absolute atomic E-state index is 14.6. The first kappa shape index (κ1) is 63.6. The molecule has 5 aliphatic carbocycles. The van der Waals surface area contributed by atoms with Crippen molar-refractivity contribution in [1.29, 1.82) is 0 Å². The molecule has 0 spiro atoms. The van der Waals surface area contributed by atoms with Gasteiger partial charge in [-0.15, -0.1) is 0 Å². The molecule has 0 radical (unpaired) electrons. The van der Waals surface area contributed by atoms with E-state index >= 15 is 0 Å². The number of likely N-dealkylation sites (tertiary alicyclic amines) is 1. The maximum Gasteiger partial charge on any atom is 0.245 e. The molecule has 4 amide bonds. The van der Waals surface area contributed by atoms with Crippen LogP contribution in [0, 0.1) is 86.3 Å². The van der Waals surface area contributed by atoms with E-state index in [1.165, 1.54) is 63.4 Å². The molecule has 5 saturated carbocycles. The molecule has 3 N–H and O–H groups in total. The normalized spacial score (nSPS) is 35.4. The van der Waals surface area contributed by atoms with Gasteiger partial charge in [0.1, 0.15) is 6.04 Å². The van der Waals surface area contributed by atoms with Crippen LogP contribution in [-0.4, -0.2) is 135 Å². The highest BCUT2D eigenvalue weighted by Crippen LogP contribution is 2.78. The zero-order valence-corrected chi connectivity index (χ0v) is 51.7. The number of nitrogens with zero attached hydrogens (tertiary/aromatic N) is 3.